The molecule has 0 fully saturated rings. The fraction of sp³-hybridized carbons (Fsp3) is 0.200. The van der Waals surface area contributed by atoms with E-state index in [1.54, 1.807) is 12.3 Å². The zero-order chi connectivity index (χ0) is 14.5. The fourth-order valence-electron chi connectivity index (χ4n) is 2.07. The molecule has 6 heteroatoms. The number of likely N-dealkylation sites (N-methyl/N-ethyl adjacent to an activating group) is 1. The summed E-state index contributed by atoms with van der Waals surface area (Å²) in [5.41, 5.74) is 2.78. The van der Waals surface area contributed by atoms with Gasteiger partial charge < -0.3 is 9.84 Å². The predicted molar refractivity (Wildman–Crippen MR) is 78.4 cm³/mol. The van der Waals surface area contributed by atoms with Crippen LogP contribution in [0.1, 0.15) is 5.56 Å². The van der Waals surface area contributed by atoms with Crippen LogP contribution in [0.5, 0.6) is 0 Å². The molecule has 0 aliphatic rings. The first kappa shape index (κ1) is 13.4. The van der Waals surface area contributed by atoms with Crippen LogP contribution < -0.4 is 5.32 Å². The monoisotopic (exact) mass is 281 g/mol. The van der Waals surface area contributed by atoms with Gasteiger partial charge in [0.1, 0.15) is 12.0 Å². The first-order valence-corrected chi connectivity index (χ1v) is 6.71. The first-order chi connectivity index (χ1) is 10.4. The van der Waals surface area contributed by atoms with Crippen LogP contribution in [0, 0.1) is 0 Å². The van der Waals surface area contributed by atoms with E-state index in [9.17, 15) is 0 Å². The van der Waals surface area contributed by atoms with E-state index >= 15 is 0 Å². The van der Waals surface area contributed by atoms with Crippen molar-refractivity contribution >= 4 is 0 Å². The third kappa shape index (κ3) is 2.95. The van der Waals surface area contributed by atoms with Crippen LogP contribution >= 0.6 is 0 Å². The summed E-state index contributed by atoms with van der Waals surface area (Å²) in [7, 11) is 1.93. The van der Waals surface area contributed by atoms with Crippen molar-refractivity contribution in [1.82, 2.24) is 25.4 Å². The number of hydrogen-bond donors (Lipinski definition) is 1. The summed E-state index contributed by atoms with van der Waals surface area (Å²) in [6.07, 6.45) is 4.02. The van der Waals surface area contributed by atoms with Gasteiger partial charge in [0.15, 0.2) is 0 Å². The van der Waals surface area contributed by atoms with Gasteiger partial charge in [0.2, 0.25) is 5.82 Å². The van der Waals surface area contributed by atoms with Crippen molar-refractivity contribution in [1.29, 1.82) is 0 Å². The molecule has 2 heterocycles. The maximum atomic E-state index is 5.38. The molecule has 1 aromatic carbocycles. The highest BCUT2D eigenvalue weighted by molar-refractivity contribution is 5.61. The van der Waals surface area contributed by atoms with Gasteiger partial charge in [-0.05, 0) is 37.7 Å². The Labute approximate surface area is 122 Å². The normalized spacial score (nSPS) is 10.7. The lowest BCUT2D eigenvalue weighted by molar-refractivity contribution is 0.431. The van der Waals surface area contributed by atoms with Crippen molar-refractivity contribution in [2.24, 2.45) is 0 Å². The molecule has 0 aliphatic heterocycles. The maximum Gasteiger partial charge on any atom is 0.258 e. The van der Waals surface area contributed by atoms with Crippen LogP contribution in [0.25, 0.3) is 23.0 Å². The summed E-state index contributed by atoms with van der Waals surface area (Å²) >= 11 is 0. The highest BCUT2D eigenvalue weighted by atomic mass is 16.5. The van der Waals surface area contributed by atoms with E-state index < -0.39 is 0 Å². The first-order valence-electron chi connectivity index (χ1n) is 6.71. The standard InChI is InChI=1S/C15H15N5O/c1-16-8-6-11-4-2-3-5-12(11)15-19-14(20-21-15)13-7-9-17-10-18-13/h2-5,7,9-10,16H,6,8H2,1H3. The lowest BCUT2D eigenvalue weighted by Gasteiger charge is -2.05. The highest BCUT2D eigenvalue weighted by Crippen LogP contribution is 2.24. The molecule has 0 aliphatic carbocycles. The number of nitrogens with one attached hydrogen (secondary N) is 1. The summed E-state index contributed by atoms with van der Waals surface area (Å²) in [6, 6.07) is 9.79. The Morgan fingerprint density at radius 3 is 2.90 bits per heavy atom. The van der Waals surface area contributed by atoms with Crippen LogP contribution in [-0.2, 0) is 6.42 Å². The van der Waals surface area contributed by atoms with Crippen molar-refractivity contribution in [2.45, 2.75) is 6.42 Å². The minimum absolute atomic E-state index is 0.468. The Bertz CT molecular complexity index is 711. The van der Waals surface area contributed by atoms with E-state index in [0.29, 0.717) is 17.4 Å². The van der Waals surface area contributed by atoms with Crippen molar-refractivity contribution < 1.29 is 4.52 Å². The molecule has 3 rings (SSSR count). The van der Waals surface area contributed by atoms with Crippen LogP contribution in [0.2, 0.25) is 0 Å². The van der Waals surface area contributed by atoms with Gasteiger partial charge in [-0.25, -0.2) is 9.97 Å². The summed E-state index contributed by atoms with van der Waals surface area (Å²) in [5.74, 6) is 0.978. The summed E-state index contributed by atoms with van der Waals surface area (Å²) in [6.45, 7) is 0.893. The third-order valence-electron chi connectivity index (χ3n) is 3.13. The summed E-state index contributed by atoms with van der Waals surface area (Å²) < 4.78 is 5.38. The second kappa shape index (κ2) is 6.23. The molecule has 0 spiro atoms. The maximum absolute atomic E-state index is 5.38. The zero-order valence-corrected chi connectivity index (χ0v) is 11.7. The minimum Gasteiger partial charge on any atom is -0.334 e. The van der Waals surface area contributed by atoms with Gasteiger partial charge in [0.25, 0.3) is 5.89 Å². The lowest BCUT2D eigenvalue weighted by Crippen LogP contribution is -2.10. The smallest absolute Gasteiger partial charge is 0.258 e. The van der Waals surface area contributed by atoms with Crippen LogP contribution in [0.4, 0.5) is 0 Å². The quantitative estimate of drug-likeness (QED) is 0.770. The SMILES string of the molecule is CNCCc1ccccc1-c1nc(-c2ccncn2)no1. The summed E-state index contributed by atoms with van der Waals surface area (Å²) in [4.78, 5) is 12.4. The molecule has 0 amide bonds. The molecular formula is C15H15N5O. The average Bonchev–Trinajstić information content (AvgIpc) is 3.04. The number of hydrogen-bond acceptors (Lipinski definition) is 6. The van der Waals surface area contributed by atoms with Gasteiger partial charge in [0.05, 0.1) is 0 Å². The Morgan fingerprint density at radius 1 is 1.19 bits per heavy atom. The second-order valence-electron chi connectivity index (χ2n) is 4.53. The minimum atomic E-state index is 0.468. The number of benzene rings is 1. The molecule has 106 valence electrons. The van der Waals surface area contributed by atoms with Crippen molar-refractivity contribution in [3.63, 3.8) is 0 Å². The van der Waals surface area contributed by atoms with Gasteiger partial charge in [-0.2, -0.15) is 4.98 Å². The van der Waals surface area contributed by atoms with E-state index in [-0.39, 0.29) is 0 Å². The van der Waals surface area contributed by atoms with Crippen molar-refractivity contribution in [3.8, 4) is 23.0 Å². The molecule has 1 N–H and O–H groups in total. The van der Waals surface area contributed by atoms with E-state index in [4.69, 9.17) is 4.52 Å². The Kier molecular flexibility index (Phi) is 3.97. The fourth-order valence-corrected chi connectivity index (χ4v) is 2.07. The molecule has 3 aromatic rings. The van der Waals surface area contributed by atoms with E-state index in [1.807, 2.05) is 25.2 Å². The predicted octanol–water partition coefficient (Wildman–Crippen LogP) is 1.96. The lowest BCUT2D eigenvalue weighted by atomic mass is 10.0. The van der Waals surface area contributed by atoms with Crippen LogP contribution in [-0.4, -0.2) is 33.7 Å². The molecular weight excluding hydrogens is 266 g/mol. The molecule has 2 aromatic heterocycles. The van der Waals surface area contributed by atoms with Crippen LogP contribution in [0.3, 0.4) is 0 Å². The van der Waals surface area contributed by atoms with Crippen molar-refractivity contribution in [2.75, 3.05) is 13.6 Å². The summed E-state index contributed by atoms with van der Waals surface area (Å²) in [5, 5.41) is 7.13. The van der Waals surface area contributed by atoms with Gasteiger partial charge in [-0.3, -0.25) is 0 Å². The largest absolute Gasteiger partial charge is 0.334 e. The number of nitrogens with zero attached hydrogens (tertiary/aromatic N) is 4. The molecule has 0 unspecified atom stereocenters. The molecule has 6 nitrogen and oxygen atoms in total. The third-order valence-corrected chi connectivity index (χ3v) is 3.13. The molecule has 0 saturated heterocycles. The molecule has 0 saturated carbocycles. The highest BCUT2D eigenvalue weighted by Gasteiger charge is 2.14. The Balaban J connectivity index is 1.93. The molecule has 0 bridgehead atoms. The van der Waals surface area contributed by atoms with E-state index in [1.165, 1.54) is 11.9 Å². The Hall–Kier alpha value is -2.60. The molecule has 21 heavy (non-hydrogen) atoms. The van der Waals surface area contributed by atoms with Gasteiger partial charge in [0, 0.05) is 11.8 Å². The molecule has 0 atom stereocenters. The second-order valence-corrected chi connectivity index (χ2v) is 4.53. The average molecular weight is 281 g/mol. The number of aromatic nitrogens is 4. The zero-order valence-electron chi connectivity index (χ0n) is 11.7. The van der Waals surface area contributed by atoms with E-state index in [0.717, 1.165) is 18.5 Å². The van der Waals surface area contributed by atoms with E-state index in [2.05, 4.69) is 31.5 Å². The number of rotatable bonds is 5. The van der Waals surface area contributed by atoms with Crippen molar-refractivity contribution in [3.05, 3.63) is 48.4 Å². The Morgan fingerprint density at radius 2 is 2.10 bits per heavy atom. The molecule has 0 radical (unpaired) electrons. The topological polar surface area (TPSA) is 76.7 Å². The van der Waals surface area contributed by atoms with Gasteiger partial charge in [-0.1, -0.05) is 23.4 Å². The van der Waals surface area contributed by atoms with Gasteiger partial charge >= 0.3 is 0 Å². The van der Waals surface area contributed by atoms with Crippen LogP contribution in [0.15, 0.2) is 47.4 Å². The van der Waals surface area contributed by atoms with Gasteiger partial charge in [-0.15, -0.1) is 0 Å².